The van der Waals surface area contributed by atoms with Crippen molar-refractivity contribution in [1.82, 2.24) is 15.2 Å². The zero-order chi connectivity index (χ0) is 11.7. The van der Waals surface area contributed by atoms with E-state index in [0.717, 1.165) is 25.3 Å². The molecule has 1 unspecified atom stereocenters. The molecule has 6 heteroatoms. The van der Waals surface area contributed by atoms with Gasteiger partial charge in [-0.25, -0.2) is 0 Å². The number of hydrogen-bond donors (Lipinski definition) is 2. The Balaban J connectivity index is 2.36. The molecule has 2 heterocycles. The molecular formula is C10H13BrFN3O. The maximum Gasteiger partial charge on any atom is 0.218 e. The van der Waals surface area contributed by atoms with Crippen molar-refractivity contribution in [3.05, 3.63) is 32.4 Å². The van der Waals surface area contributed by atoms with Crippen LogP contribution in [0.5, 0.6) is 0 Å². The Morgan fingerprint density at radius 1 is 1.62 bits per heavy atom. The molecule has 0 aliphatic carbocycles. The number of halogens is 2. The van der Waals surface area contributed by atoms with Gasteiger partial charge in [0.25, 0.3) is 0 Å². The third-order valence-corrected chi connectivity index (χ3v) is 3.37. The van der Waals surface area contributed by atoms with E-state index in [4.69, 9.17) is 0 Å². The van der Waals surface area contributed by atoms with Gasteiger partial charge < -0.3 is 10.3 Å². The second-order valence-corrected chi connectivity index (χ2v) is 4.71. The molecule has 16 heavy (non-hydrogen) atoms. The van der Waals surface area contributed by atoms with E-state index in [9.17, 15) is 9.18 Å². The van der Waals surface area contributed by atoms with E-state index in [1.54, 1.807) is 0 Å². The first-order valence-electron chi connectivity index (χ1n) is 5.09. The van der Waals surface area contributed by atoms with Crippen LogP contribution >= 0.6 is 15.9 Å². The largest absolute Gasteiger partial charge is 0.349 e. The van der Waals surface area contributed by atoms with E-state index in [-0.39, 0.29) is 10.6 Å². The minimum absolute atomic E-state index is 0.0818. The zero-order valence-corrected chi connectivity index (χ0v) is 10.5. The summed E-state index contributed by atoms with van der Waals surface area (Å²) in [7, 11) is 1.99. The summed E-state index contributed by atoms with van der Waals surface area (Å²) < 4.78 is 13.3. The predicted molar refractivity (Wildman–Crippen MR) is 63.0 cm³/mol. The highest BCUT2D eigenvalue weighted by Crippen LogP contribution is 2.19. The molecule has 1 aromatic heterocycles. The molecule has 1 aromatic rings. The smallest absolute Gasteiger partial charge is 0.218 e. The summed E-state index contributed by atoms with van der Waals surface area (Å²) in [6.45, 7) is 2.59. The van der Waals surface area contributed by atoms with E-state index in [0.29, 0.717) is 0 Å². The Labute approximate surface area is 101 Å². The predicted octanol–water partition coefficient (Wildman–Crippen LogP) is 0.853. The van der Waals surface area contributed by atoms with Crippen molar-refractivity contribution >= 4 is 15.9 Å². The summed E-state index contributed by atoms with van der Waals surface area (Å²) in [4.78, 5) is 16.4. The number of hydrogen-bond acceptors (Lipinski definition) is 3. The third-order valence-electron chi connectivity index (χ3n) is 2.82. The first-order valence-corrected chi connectivity index (χ1v) is 5.88. The number of aromatic amines is 1. The molecule has 2 rings (SSSR count). The molecule has 0 saturated carbocycles. The highest BCUT2D eigenvalue weighted by molar-refractivity contribution is 9.10. The summed E-state index contributed by atoms with van der Waals surface area (Å²) in [5.41, 5.74) is 0.146. The maximum absolute atomic E-state index is 13.2. The fourth-order valence-electron chi connectivity index (χ4n) is 1.86. The Bertz CT molecular complexity index is 448. The van der Waals surface area contributed by atoms with Gasteiger partial charge in [-0.1, -0.05) is 0 Å². The molecule has 2 N–H and O–H groups in total. The molecule has 0 aromatic carbocycles. The van der Waals surface area contributed by atoms with Crippen molar-refractivity contribution in [1.29, 1.82) is 0 Å². The Hall–Kier alpha value is -0.720. The monoisotopic (exact) mass is 289 g/mol. The fourth-order valence-corrected chi connectivity index (χ4v) is 2.29. The van der Waals surface area contributed by atoms with Crippen molar-refractivity contribution in [3.63, 3.8) is 0 Å². The van der Waals surface area contributed by atoms with E-state index in [1.807, 2.05) is 7.05 Å². The summed E-state index contributed by atoms with van der Waals surface area (Å²) in [6.07, 6.45) is 0. The first-order chi connectivity index (χ1) is 7.59. The molecule has 1 aliphatic rings. The zero-order valence-electron chi connectivity index (χ0n) is 8.89. The number of rotatable bonds is 1. The lowest BCUT2D eigenvalue weighted by Gasteiger charge is -2.33. The van der Waals surface area contributed by atoms with Gasteiger partial charge in [0.15, 0.2) is 0 Å². The van der Waals surface area contributed by atoms with Crippen LogP contribution in [0.25, 0.3) is 0 Å². The average molecular weight is 290 g/mol. The molecule has 0 amide bonds. The molecule has 0 spiro atoms. The van der Waals surface area contributed by atoms with Crippen molar-refractivity contribution in [2.75, 3.05) is 26.7 Å². The van der Waals surface area contributed by atoms with Crippen LogP contribution in [-0.4, -0.2) is 36.6 Å². The second-order valence-electron chi connectivity index (χ2n) is 3.92. The second kappa shape index (κ2) is 4.65. The summed E-state index contributed by atoms with van der Waals surface area (Å²) >= 11 is 3.01. The molecule has 1 saturated heterocycles. The van der Waals surface area contributed by atoms with Crippen LogP contribution in [0.2, 0.25) is 0 Å². The van der Waals surface area contributed by atoms with Gasteiger partial charge in [0.1, 0.15) is 4.60 Å². The van der Waals surface area contributed by atoms with E-state index in [1.165, 1.54) is 6.07 Å². The Kier molecular flexibility index (Phi) is 3.41. The lowest BCUT2D eigenvalue weighted by atomic mass is 10.1. The molecule has 88 valence electrons. The molecule has 1 aliphatic heterocycles. The molecule has 1 fully saturated rings. The van der Waals surface area contributed by atoms with Crippen LogP contribution in [0.4, 0.5) is 4.39 Å². The minimum atomic E-state index is -0.768. The number of aromatic nitrogens is 1. The molecule has 0 radical (unpaired) electrons. The number of pyridine rings is 1. The Morgan fingerprint density at radius 2 is 2.38 bits per heavy atom. The van der Waals surface area contributed by atoms with Crippen LogP contribution in [0, 0.1) is 5.82 Å². The topological polar surface area (TPSA) is 48.1 Å². The average Bonchev–Trinajstić information content (AvgIpc) is 2.26. The van der Waals surface area contributed by atoms with Gasteiger partial charge in [-0.3, -0.25) is 9.69 Å². The number of H-pyrrole nitrogens is 1. The highest BCUT2D eigenvalue weighted by atomic mass is 79.9. The number of piperazine rings is 1. The van der Waals surface area contributed by atoms with E-state index < -0.39 is 11.2 Å². The number of likely N-dealkylation sites (N-methyl/N-ethyl adjacent to an activating group) is 1. The maximum atomic E-state index is 13.2. The summed E-state index contributed by atoms with van der Waals surface area (Å²) in [5, 5.41) is 3.24. The van der Waals surface area contributed by atoms with E-state index in [2.05, 4.69) is 31.1 Å². The lowest BCUT2D eigenvalue weighted by Crippen LogP contribution is -2.44. The van der Waals surface area contributed by atoms with Gasteiger partial charge in [-0.15, -0.1) is 0 Å². The van der Waals surface area contributed by atoms with Crippen LogP contribution in [-0.2, 0) is 0 Å². The van der Waals surface area contributed by atoms with Crippen LogP contribution in [0.3, 0.4) is 0 Å². The van der Waals surface area contributed by atoms with Crippen molar-refractivity contribution < 1.29 is 4.39 Å². The Morgan fingerprint density at radius 3 is 3.00 bits per heavy atom. The lowest BCUT2D eigenvalue weighted by molar-refractivity contribution is 0.198. The summed E-state index contributed by atoms with van der Waals surface area (Å²) in [6, 6.07) is 1.41. The van der Waals surface area contributed by atoms with Crippen LogP contribution < -0.4 is 10.7 Å². The van der Waals surface area contributed by atoms with E-state index >= 15 is 0 Å². The van der Waals surface area contributed by atoms with Gasteiger partial charge in [0.05, 0.1) is 6.04 Å². The van der Waals surface area contributed by atoms with Crippen LogP contribution in [0.15, 0.2) is 15.5 Å². The third kappa shape index (κ3) is 2.18. The number of nitrogens with zero attached hydrogens (tertiary/aromatic N) is 1. The van der Waals surface area contributed by atoms with Gasteiger partial charge in [0.2, 0.25) is 11.2 Å². The van der Waals surface area contributed by atoms with Crippen molar-refractivity contribution in [2.24, 2.45) is 0 Å². The fraction of sp³-hybridized carbons (Fsp3) is 0.500. The summed E-state index contributed by atoms with van der Waals surface area (Å²) in [5.74, 6) is -0.768. The van der Waals surface area contributed by atoms with Gasteiger partial charge in [-0.2, -0.15) is 4.39 Å². The van der Waals surface area contributed by atoms with Crippen LogP contribution in [0.1, 0.15) is 11.7 Å². The quantitative estimate of drug-likeness (QED) is 0.754. The van der Waals surface area contributed by atoms with Gasteiger partial charge >= 0.3 is 0 Å². The SMILES string of the molecule is CN1CCNCC1c1cc(=O)c(F)c(Br)[nH]1. The van der Waals surface area contributed by atoms with Crippen molar-refractivity contribution in [2.45, 2.75) is 6.04 Å². The highest BCUT2D eigenvalue weighted by Gasteiger charge is 2.22. The van der Waals surface area contributed by atoms with Crippen molar-refractivity contribution in [3.8, 4) is 0 Å². The molecular weight excluding hydrogens is 277 g/mol. The number of nitrogens with one attached hydrogen (secondary N) is 2. The first kappa shape index (κ1) is 11.8. The van der Waals surface area contributed by atoms with Gasteiger partial charge in [-0.05, 0) is 23.0 Å². The van der Waals surface area contributed by atoms with Gasteiger partial charge in [0, 0.05) is 31.4 Å². The molecule has 4 nitrogen and oxygen atoms in total. The minimum Gasteiger partial charge on any atom is -0.349 e. The molecule has 1 atom stereocenters. The molecule has 0 bridgehead atoms. The standard InChI is InChI=1S/C10H13BrFN3O/c1-15-3-2-13-5-7(15)6-4-8(16)9(12)10(11)14-6/h4,7,13H,2-3,5H2,1H3,(H,14,16). The normalized spacial score (nSPS) is 22.3.